The number of aromatic carboxylic acids is 1. The molecular weight excluding hydrogens is 364 g/mol. The Balaban J connectivity index is 0.000000166. The zero-order valence-electron chi connectivity index (χ0n) is 17.5. The Morgan fingerprint density at radius 2 is 1.38 bits per heavy atom. The van der Waals surface area contributed by atoms with E-state index in [0.29, 0.717) is 11.8 Å². The number of carbonyl (C=O) groups is 1. The van der Waals surface area contributed by atoms with Gasteiger partial charge in [0.1, 0.15) is 0 Å². The van der Waals surface area contributed by atoms with E-state index in [4.69, 9.17) is 10.2 Å². The van der Waals surface area contributed by atoms with Crippen molar-refractivity contribution in [3.05, 3.63) is 58.2 Å². The summed E-state index contributed by atoms with van der Waals surface area (Å²) in [6, 6.07) is 3.78. The maximum Gasteiger partial charge on any atom is 0.337 e. The Labute approximate surface area is 173 Å². The van der Waals surface area contributed by atoms with Gasteiger partial charge in [0.2, 0.25) is 0 Å². The van der Waals surface area contributed by atoms with Gasteiger partial charge in [0, 0.05) is 35.6 Å². The highest BCUT2D eigenvalue weighted by atomic mass is 16.4. The van der Waals surface area contributed by atoms with Crippen LogP contribution in [0.2, 0.25) is 0 Å². The van der Waals surface area contributed by atoms with Crippen LogP contribution < -0.4 is 0 Å². The molecule has 0 bridgehead atoms. The quantitative estimate of drug-likeness (QED) is 0.734. The molecule has 2 heterocycles. The molecule has 5 nitrogen and oxygen atoms in total. The number of aryl methyl sites for hydroxylation is 2. The maximum absolute atomic E-state index is 10.7. The van der Waals surface area contributed by atoms with Crippen LogP contribution in [0, 0.1) is 13.8 Å². The van der Waals surface area contributed by atoms with E-state index in [9.17, 15) is 4.79 Å². The monoisotopic (exact) mass is 396 g/mol. The molecule has 29 heavy (non-hydrogen) atoms. The highest BCUT2D eigenvalue weighted by Gasteiger charge is 2.21. The van der Waals surface area contributed by atoms with E-state index in [1.165, 1.54) is 68.8 Å². The van der Waals surface area contributed by atoms with Gasteiger partial charge in [0.25, 0.3) is 0 Å². The molecule has 2 aliphatic carbocycles. The van der Waals surface area contributed by atoms with Gasteiger partial charge in [-0.2, -0.15) is 0 Å². The van der Waals surface area contributed by atoms with Crippen molar-refractivity contribution in [1.29, 1.82) is 0 Å². The minimum atomic E-state index is -0.899. The number of pyridine rings is 2. The van der Waals surface area contributed by atoms with Gasteiger partial charge in [-0.15, -0.1) is 0 Å². The van der Waals surface area contributed by atoms with Crippen molar-refractivity contribution in [2.24, 2.45) is 0 Å². The maximum atomic E-state index is 10.7. The average Bonchev–Trinajstić information content (AvgIpc) is 3.42. The number of aromatic nitrogens is 2. The molecule has 2 aromatic heterocycles. The first-order chi connectivity index (χ1) is 14.0. The van der Waals surface area contributed by atoms with Gasteiger partial charge in [-0.05, 0) is 62.3 Å². The number of hydrogen-bond acceptors (Lipinski definition) is 4. The predicted molar refractivity (Wildman–Crippen MR) is 113 cm³/mol. The zero-order chi connectivity index (χ0) is 20.8. The summed E-state index contributed by atoms with van der Waals surface area (Å²) in [6.45, 7) is 4.14. The van der Waals surface area contributed by atoms with Gasteiger partial charge < -0.3 is 10.2 Å². The van der Waals surface area contributed by atoms with Crippen molar-refractivity contribution >= 4 is 5.97 Å². The van der Waals surface area contributed by atoms with E-state index in [2.05, 4.69) is 23.0 Å². The minimum absolute atomic E-state index is 0.0960. The molecule has 5 heteroatoms. The lowest BCUT2D eigenvalue weighted by Crippen LogP contribution is -2.04. The molecule has 2 saturated carbocycles. The van der Waals surface area contributed by atoms with Gasteiger partial charge >= 0.3 is 5.97 Å². The molecule has 0 amide bonds. The van der Waals surface area contributed by atoms with Gasteiger partial charge in [-0.1, -0.05) is 31.7 Å². The van der Waals surface area contributed by atoms with Gasteiger partial charge in [0.05, 0.1) is 12.2 Å². The molecule has 0 unspecified atom stereocenters. The topological polar surface area (TPSA) is 83.3 Å². The standard InChI is InChI=1S/C12H15NO2.C12H17NO/c1-8-6-10(12(14)15)7-13-11(8)9-4-2-3-5-9;1-9-6-10(8-14)7-13-12(9)11-4-2-3-5-11/h6-7,9H,2-5H2,1H3,(H,14,15);6-7,11,14H,2-5,8H2,1H3. The lowest BCUT2D eigenvalue weighted by atomic mass is 9.98. The molecule has 2 N–H and O–H groups in total. The minimum Gasteiger partial charge on any atom is -0.478 e. The van der Waals surface area contributed by atoms with Crippen molar-refractivity contribution in [2.75, 3.05) is 0 Å². The van der Waals surface area contributed by atoms with Crippen LogP contribution in [0.15, 0.2) is 24.5 Å². The van der Waals surface area contributed by atoms with Gasteiger partial charge in [0.15, 0.2) is 0 Å². The van der Waals surface area contributed by atoms with E-state index < -0.39 is 5.97 Å². The van der Waals surface area contributed by atoms with E-state index in [0.717, 1.165) is 16.8 Å². The second kappa shape index (κ2) is 9.97. The first-order valence-corrected chi connectivity index (χ1v) is 10.8. The summed E-state index contributed by atoms with van der Waals surface area (Å²) in [5, 5.41) is 17.8. The van der Waals surface area contributed by atoms with Crippen LogP contribution in [0.3, 0.4) is 0 Å². The number of aliphatic hydroxyl groups is 1. The molecule has 2 aliphatic rings. The molecule has 0 spiro atoms. The Morgan fingerprint density at radius 3 is 1.79 bits per heavy atom. The fraction of sp³-hybridized carbons (Fsp3) is 0.542. The normalized spacial score (nSPS) is 17.2. The second-order valence-corrected chi connectivity index (χ2v) is 8.40. The highest BCUT2D eigenvalue weighted by molar-refractivity contribution is 5.87. The molecular formula is C24H32N2O3. The van der Waals surface area contributed by atoms with Crippen LogP contribution in [-0.2, 0) is 6.61 Å². The molecule has 0 saturated heterocycles. The molecule has 0 aromatic carbocycles. The number of hydrogen-bond donors (Lipinski definition) is 2. The van der Waals surface area contributed by atoms with E-state index >= 15 is 0 Å². The largest absolute Gasteiger partial charge is 0.478 e. The fourth-order valence-corrected chi connectivity index (χ4v) is 4.69. The van der Waals surface area contributed by atoms with Crippen LogP contribution in [0.4, 0.5) is 0 Å². The smallest absolute Gasteiger partial charge is 0.337 e. The number of carboxylic acids is 1. The fourth-order valence-electron chi connectivity index (χ4n) is 4.69. The summed E-state index contributed by atoms with van der Waals surface area (Å²) in [4.78, 5) is 19.5. The number of rotatable bonds is 4. The lowest BCUT2D eigenvalue weighted by molar-refractivity contribution is 0.0696. The third-order valence-corrected chi connectivity index (χ3v) is 6.21. The first kappa shape index (κ1) is 21.4. The Kier molecular flexibility index (Phi) is 7.37. The van der Waals surface area contributed by atoms with Crippen LogP contribution in [0.5, 0.6) is 0 Å². The van der Waals surface area contributed by atoms with Crippen molar-refractivity contribution in [2.45, 2.75) is 83.7 Å². The zero-order valence-corrected chi connectivity index (χ0v) is 17.5. The van der Waals surface area contributed by atoms with Crippen LogP contribution in [0.25, 0.3) is 0 Å². The second-order valence-electron chi connectivity index (χ2n) is 8.40. The molecule has 2 fully saturated rings. The summed E-state index contributed by atoms with van der Waals surface area (Å²) < 4.78 is 0. The summed E-state index contributed by atoms with van der Waals surface area (Å²) in [5.41, 5.74) is 5.81. The van der Waals surface area contributed by atoms with E-state index in [1.54, 1.807) is 12.3 Å². The molecule has 0 aliphatic heterocycles. The Bertz CT molecular complexity index is 838. The molecule has 0 atom stereocenters. The van der Waals surface area contributed by atoms with Crippen molar-refractivity contribution in [3.63, 3.8) is 0 Å². The Hall–Kier alpha value is -2.27. The van der Waals surface area contributed by atoms with Crippen LogP contribution >= 0.6 is 0 Å². The number of nitrogens with zero attached hydrogens (tertiary/aromatic N) is 2. The van der Waals surface area contributed by atoms with Gasteiger partial charge in [-0.3, -0.25) is 9.97 Å². The summed E-state index contributed by atoms with van der Waals surface area (Å²) in [7, 11) is 0. The first-order valence-electron chi connectivity index (χ1n) is 10.8. The molecule has 4 rings (SSSR count). The van der Waals surface area contributed by atoms with E-state index in [-0.39, 0.29) is 12.2 Å². The summed E-state index contributed by atoms with van der Waals surface area (Å²) >= 11 is 0. The molecule has 0 radical (unpaired) electrons. The van der Waals surface area contributed by atoms with Crippen molar-refractivity contribution in [1.82, 2.24) is 9.97 Å². The lowest BCUT2D eigenvalue weighted by Gasteiger charge is -2.12. The average molecular weight is 397 g/mol. The Morgan fingerprint density at radius 1 is 0.897 bits per heavy atom. The van der Waals surface area contributed by atoms with Crippen LogP contribution in [0.1, 0.15) is 102 Å². The van der Waals surface area contributed by atoms with Crippen molar-refractivity contribution in [3.8, 4) is 0 Å². The highest BCUT2D eigenvalue weighted by Crippen LogP contribution is 2.35. The molecule has 2 aromatic rings. The summed E-state index contributed by atoms with van der Waals surface area (Å²) in [6.07, 6.45) is 13.5. The SMILES string of the molecule is Cc1cc(C(=O)O)cnc1C1CCCC1.Cc1cc(CO)cnc1C1CCCC1. The summed E-state index contributed by atoms with van der Waals surface area (Å²) in [5.74, 6) is 0.319. The predicted octanol–water partition coefficient (Wildman–Crippen LogP) is 5.29. The van der Waals surface area contributed by atoms with Gasteiger partial charge in [-0.25, -0.2) is 4.79 Å². The third kappa shape index (κ3) is 5.41. The van der Waals surface area contributed by atoms with Crippen LogP contribution in [-0.4, -0.2) is 26.2 Å². The number of aliphatic hydroxyl groups excluding tert-OH is 1. The molecule has 156 valence electrons. The van der Waals surface area contributed by atoms with Crippen molar-refractivity contribution < 1.29 is 15.0 Å². The van der Waals surface area contributed by atoms with E-state index in [1.807, 2.05) is 6.92 Å². The third-order valence-electron chi connectivity index (χ3n) is 6.21. The number of carboxylic acid groups (broad SMARTS) is 1.